The van der Waals surface area contributed by atoms with Crippen LogP contribution in [0.1, 0.15) is 18.9 Å². The van der Waals surface area contributed by atoms with Crippen LogP contribution in [0.25, 0.3) is 0 Å². The number of ether oxygens (including phenoxy) is 2. The highest BCUT2D eigenvalue weighted by Gasteiger charge is 2.36. The summed E-state index contributed by atoms with van der Waals surface area (Å²) >= 11 is 0. The number of aliphatic hydroxyl groups excluding tert-OH is 1. The maximum absolute atomic E-state index is 11.9. The van der Waals surface area contributed by atoms with Gasteiger partial charge in [-0.3, -0.25) is 9.69 Å². The lowest BCUT2D eigenvalue weighted by Gasteiger charge is -2.22. The predicted molar refractivity (Wildman–Crippen MR) is 79.3 cm³/mol. The molecule has 21 heavy (non-hydrogen) atoms. The Morgan fingerprint density at radius 3 is 2.71 bits per heavy atom. The fraction of sp³-hybridized carbons (Fsp3) is 0.562. The van der Waals surface area contributed by atoms with E-state index in [1.807, 2.05) is 29.2 Å². The summed E-state index contributed by atoms with van der Waals surface area (Å²) in [5, 5.41) is 9.79. The summed E-state index contributed by atoms with van der Waals surface area (Å²) in [6.07, 6.45) is 0.837. The number of nitrogens with zero attached hydrogens (tertiary/aromatic N) is 1. The van der Waals surface area contributed by atoms with Gasteiger partial charge in [0.25, 0.3) is 0 Å². The summed E-state index contributed by atoms with van der Waals surface area (Å²) in [6, 6.07) is 7.57. The number of β-amino-alcohol motifs (C(OH)–C–C–N with tert-alkyl or cyclic N) is 1. The maximum Gasteiger partial charge on any atom is 0.323 e. The van der Waals surface area contributed by atoms with Crippen LogP contribution in [0.4, 0.5) is 0 Å². The Hall–Kier alpha value is -1.59. The Bertz CT molecular complexity index is 460. The second-order valence-electron chi connectivity index (χ2n) is 5.25. The number of methoxy groups -OCH3 is 1. The van der Waals surface area contributed by atoms with Gasteiger partial charge in [0, 0.05) is 19.5 Å². The summed E-state index contributed by atoms with van der Waals surface area (Å²) < 4.78 is 10.2. The smallest absolute Gasteiger partial charge is 0.323 e. The molecule has 0 saturated carbocycles. The summed E-state index contributed by atoms with van der Waals surface area (Å²) in [5.41, 5.74) is 1.18. The zero-order chi connectivity index (χ0) is 15.2. The molecule has 2 rings (SSSR count). The molecule has 1 aromatic carbocycles. The second kappa shape index (κ2) is 7.43. The first-order valence-corrected chi connectivity index (χ1v) is 7.35. The molecule has 1 heterocycles. The van der Waals surface area contributed by atoms with Gasteiger partial charge < -0.3 is 14.6 Å². The molecule has 0 aromatic heterocycles. The molecular formula is C16H23NO4. The highest BCUT2D eigenvalue weighted by Crippen LogP contribution is 2.20. The molecular weight excluding hydrogens is 270 g/mol. The number of hydrogen-bond donors (Lipinski definition) is 1. The van der Waals surface area contributed by atoms with E-state index in [1.165, 1.54) is 5.56 Å². The van der Waals surface area contributed by atoms with Gasteiger partial charge in [0.1, 0.15) is 11.8 Å². The van der Waals surface area contributed by atoms with Crippen molar-refractivity contribution in [2.75, 3.05) is 26.8 Å². The molecule has 0 radical (unpaired) electrons. The number of esters is 1. The number of carbonyl (C=O) groups is 1. The lowest BCUT2D eigenvalue weighted by Crippen LogP contribution is -2.38. The van der Waals surface area contributed by atoms with Gasteiger partial charge in [-0.25, -0.2) is 0 Å². The van der Waals surface area contributed by atoms with Crippen molar-refractivity contribution in [3.05, 3.63) is 29.8 Å². The van der Waals surface area contributed by atoms with Crippen molar-refractivity contribution in [3.63, 3.8) is 0 Å². The Kier molecular flexibility index (Phi) is 5.59. The molecule has 0 aliphatic carbocycles. The van der Waals surface area contributed by atoms with Crippen LogP contribution >= 0.6 is 0 Å². The van der Waals surface area contributed by atoms with Gasteiger partial charge in [-0.2, -0.15) is 0 Å². The molecule has 1 fully saturated rings. The zero-order valence-corrected chi connectivity index (χ0v) is 12.6. The van der Waals surface area contributed by atoms with Gasteiger partial charge in [0.15, 0.2) is 0 Å². The maximum atomic E-state index is 11.9. The van der Waals surface area contributed by atoms with E-state index >= 15 is 0 Å². The number of rotatable bonds is 6. The Balaban J connectivity index is 1.91. The first kappa shape index (κ1) is 15.8. The summed E-state index contributed by atoms with van der Waals surface area (Å²) in [5.74, 6) is 0.600. The largest absolute Gasteiger partial charge is 0.497 e. The average molecular weight is 293 g/mol. The molecule has 5 heteroatoms. The van der Waals surface area contributed by atoms with Crippen LogP contribution in [-0.4, -0.2) is 54.9 Å². The summed E-state index contributed by atoms with van der Waals surface area (Å²) in [7, 11) is 1.64. The third-order valence-corrected chi connectivity index (χ3v) is 3.79. The van der Waals surface area contributed by atoms with Crippen LogP contribution in [0.15, 0.2) is 24.3 Å². The van der Waals surface area contributed by atoms with Crippen molar-refractivity contribution in [2.45, 2.75) is 31.9 Å². The lowest BCUT2D eigenvalue weighted by molar-refractivity contribution is -0.148. The lowest BCUT2D eigenvalue weighted by atomic mass is 10.1. The molecule has 0 amide bonds. The van der Waals surface area contributed by atoms with Gasteiger partial charge in [-0.05, 0) is 31.0 Å². The van der Waals surface area contributed by atoms with Crippen molar-refractivity contribution in [1.82, 2.24) is 4.90 Å². The SMILES string of the molecule is CCOC(=O)[C@H]1C[C@@H](O)CN1CCc1ccc(OC)cc1. The highest BCUT2D eigenvalue weighted by molar-refractivity contribution is 5.76. The van der Waals surface area contributed by atoms with Crippen molar-refractivity contribution < 1.29 is 19.4 Å². The van der Waals surface area contributed by atoms with Gasteiger partial charge in [0.05, 0.1) is 19.8 Å². The minimum atomic E-state index is -0.449. The zero-order valence-electron chi connectivity index (χ0n) is 12.6. The summed E-state index contributed by atoms with van der Waals surface area (Å²) in [4.78, 5) is 13.9. The fourth-order valence-electron chi connectivity index (χ4n) is 2.68. The van der Waals surface area contributed by atoms with Gasteiger partial charge in [-0.1, -0.05) is 12.1 Å². The minimum Gasteiger partial charge on any atom is -0.497 e. The molecule has 1 aliphatic heterocycles. The fourth-order valence-corrected chi connectivity index (χ4v) is 2.68. The Labute approximate surface area is 125 Å². The van der Waals surface area contributed by atoms with Crippen molar-refractivity contribution in [1.29, 1.82) is 0 Å². The first-order valence-electron chi connectivity index (χ1n) is 7.35. The van der Waals surface area contributed by atoms with E-state index in [0.29, 0.717) is 19.6 Å². The van der Waals surface area contributed by atoms with E-state index in [4.69, 9.17) is 9.47 Å². The normalized spacial score (nSPS) is 22.2. The quantitative estimate of drug-likeness (QED) is 0.800. The number of aliphatic hydroxyl groups is 1. The topological polar surface area (TPSA) is 59.0 Å². The number of benzene rings is 1. The molecule has 1 aliphatic rings. The Morgan fingerprint density at radius 2 is 2.10 bits per heavy atom. The van der Waals surface area contributed by atoms with E-state index in [1.54, 1.807) is 14.0 Å². The molecule has 0 unspecified atom stereocenters. The van der Waals surface area contributed by atoms with Gasteiger partial charge >= 0.3 is 5.97 Å². The van der Waals surface area contributed by atoms with Crippen LogP contribution in [0.2, 0.25) is 0 Å². The number of carbonyl (C=O) groups excluding carboxylic acids is 1. The van der Waals surface area contributed by atoms with Gasteiger partial charge in [0.2, 0.25) is 0 Å². The van der Waals surface area contributed by atoms with Crippen molar-refractivity contribution >= 4 is 5.97 Å². The Morgan fingerprint density at radius 1 is 1.38 bits per heavy atom. The minimum absolute atomic E-state index is 0.233. The molecule has 5 nitrogen and oxygen atoms in total. The molecule has 116 valence electrons. The van der Waals surface area contributed by atoms with Crippen LogP contribution < -0.4 is 4.74 Å². The van der Waals surface area contributed by atoms with Crippen molar-refractivity contribution in [3.8, 4) is 5.75 Å². The van der Waals surface area contributed by atoms with E-state index in [0.717, 1.165) is 18.7 Å². The molecule has 0 spiro atoms. The standard InChI is InChI=1S/C16H23NO4/c1-3-21-16(19)15-10-13(18)11-17(15)9-8-12-4-6-14(20-2)7-5-12/h4-7,13,15,18H,3,8-11H2,1-2H3/t13-,15-/m1/s1. The summed E-state index contributed by atoms with van der Waals surface area (Å²) in [6.45, 7) is 3.43. The number of likely N-dealkylation sites (tertiary alicyclic amines) is 1. The average Bonchev–Trinajstić information content (AvgIpc) is 2.87. The first-order chi connectivity index (χ1) is 10.1. The molecule has 1 aromatic rings. The third kappa shape index (κ3) is 4.19. The van der Waals surface area contributed by atoms with Crippen LogP contribution in [0, 0.1) is 0 Å². The van der Waals surface area contributed by atoms with E-state index in [9.17, 15) is 9.90 Å². The van der Waals surface area contributed by atoms with Crippen LogP contribution in [0.5, 0.6) is 5.75 Å². The number of hydrogen-bond acceptors (Lipinski definition) is 5. The van der Waals surface area contributed by atoms with Crippen LogP contribution in [0.3, 0.4) is 0 Å². The predicted octanol–water partition coefficient (Wildman–Crippen LogP) is 1.24. The monoisotopic (exact) mass is 293 g/mol. The third-order valence-electron chi connectivity index (χ3n) is 3.79. The van der Waals surface area contributed by atoms with Crippen molar-refractivity contribution in [2.24, 2.45) is 0 Å². The van der Waals surface area contributed by atoms with E-state index in [2.05, 4.69) is 0 Å². The highest BCUT2D eigenvalue weighted by atomic mass is 16.5. The molecule has 0 bridgehead atoms. The van der Waals surface area contributed by atoms with E-state index < -0.39 is 6.10 Å². The van der Waals surface area contributed by atoms with Gasteiger partial charge in [-0.15, -0.1) is 0 Å². The molecule has 2 atom stereocenters. The molecule has 1 N–H and O–H groups in total. The van der Waals surface area contributed by atoms with Crippen LogP contribution in [-0.2, 0) is 16.0 Å². The molecule has 1 saturated heterocycles. The van der Waals surface area contributed by atoms with E-state index in [-0.39, 0.29) is 12.0 Å². The second-order valence-corrected chi connectivity index (χ2v) is 5.25.